The van der Waals surface area contributed by atoms with Crippen LogP contribution < -0.4 is 4.74 Å². The van der Waals surface area contributed by atoms with E-state index in [1.54, 1.807) is 17.0 Å². The normalized spacial score (nSPS) is 18.4. The Labute approximate surface area is 148 Å². The van der Waals surface area contributed by atoms with Crippen molar-refractivity contribution >= 4 is 12.1 Å². The lowest BCUT2D eigenvalue weighted by atomic mass is 9.91. The number of rotatable bonds is 3. The lowest BCUT2D eigenvalue weighted by molar-refractivity contribution is 0.0256. The van der Waals surface area contributed by atoms with Gasteiger partial charge in [-0.3, -0.25) is 0 Å². The van der Waals surface area contributed by atoms with Crippen molar-refractivity contribution in [2.75, 3.05) is 20.2 Å². The molecular weight excluding hydrogens is 322 g/mol. The molecule has 0 spiro atoms. The fourth-order valence-corrected chi connectivity index (χ4v) is 3.09. The van der Waals surface area contributed by atoms with Gasteiger partial charge in [-0.2, -0.15) is 0 Å². The largest absolute Gasteiger partial charge is 0.496 e. The first-order valence-corrected chi connectivity index (χ1v) is 8.60. The van der Waals surface area contributed by atoms with Crippen molar-refractivity contribution in [1.82, 2.24) is 4.90 Å². The first-order valence-electron chi connectivity index (χ1n) is 8.60. The predicted octanol–water partition coefficient (Wildman–Crippen LogP) is 3.90. The van der Waals surface area contributed by atoms with Crippen LogP contribution in [0.5, 0.6) is 5.75 Å². The van der Waals surface area contributed by atoms with Crippen LogP contribution in [-0.2, 0) is 4.74 Å². The second-order valence-electron chi connectivity index (χ2n) is 7.36. The number of benzene rings is 1. The quantitative estimate of drug-likeness (QED) is 0.896. The first kappa shape index (κ1) is 19.1. The van der Waals surface area contributed by atoms with Gasteiger partial charge < -0.3 is 19.5 Å². The molecule has 0 radical (unpaired) electrons. The standard InChI is InChI=1S/C19H27NO5/c1-19(2,3)25-18(23)20-10-5-6-13(9-11-20)14-7-8-16(24-4)15(12-14)17(21)22/h7-8,12-13H,5-6,9-11H2,1-4H3,(H,21,22). The van der Waals surface area contributed by atoms with E-state index in [1.807, 2.05) is 26.8 Å². The lowest BCUT2D eigenvalue weighted by Gasteiger charge is -2.26. The summed E-state index contributed by atoms with van der Waals surface area (Å²) in [6, 6.07) is 5.31. The monoisotopic (exact) mass is 349 g/mol. The van der Waals surface area contributed by atoms with E-state index in [4.69, 9.17) is 9.47 Å². The van der Waals surface area contributed by atoms with Gasteiger partial charge in [-0.1, -0.05) is 6.07 Å². The number of hydrogen-bond acceptors (Lipinski definition) is 4. The lowest BCUT2D eigenvalue weighted by Crippen LogP contribution is -2.37. The van der Waals surface area contributed by atoms with Crippen LogP contribution in [-0.4, -0.2) is 47.9 Å². The van der Waals surface area contributed by atoms with Gasteiger partial charge in [-0.05, 0) is 63.6 Å². The van der Waals surface area contributed by atoms with Crippen LogP contribution in [0.3, 0.4) is 0 Å². The molecule has 1 amide bonds. The van der Waals surface area contributed by atoms with Gasteiger partial charge in [0.1, 0.15) is 16.9 Å². The number of nitrogens with zero attached hydrogens (tertiary/aromatic N) is 1. The second-order valence-corrected chi connectivity index (χ2v) is 7.36. The summed E-state index contributed by atoms with van der Waals surface area (Å²) in [6.45, 7) is 6.84. The van der Waals surface area contributed by atoms with Gasteiger partial charge in [0.15, 0.2) is 0 Å². The SMILES string of the molecule is COc1ccc(C2CCCN(C(=O)OC(C)(C)C)CC2)cc1C(=O)O. The molecule has 1 saturated heterocycles. The molecule has 6 nitrogen and oxygen atoms in total. The second kappa shape index (κ2) is 7.76. The minimum atomic E-state index is -0.997. The van der Waals surface area contributed by atoms with Crippen molar-refractivity contribution in [3.8, 4) is 5.75 Å². The number of carbonyl (C=O) groups is 2. The molecule has 6 heteroatoms. The first-order chi connectivity index (χ1) is 11.7. The summed E-state index contributed by atoms with van der Waals surface area (Å²) in [6.07, 6.45) is 2.27. The maximum absolute atomic E-state index is 12.2. The van der Waals surface area contributed by atoms with Gasteiger partial charge in [0.2, 0.25) is 0 Å². The average Bonchev–Trinajstić information content (AvgIpc) is 2.78. The van der Waals surface area contributed by atoms with Crippen LogP contribution in [0.25, 0.3) is 0 Å². The van der Waals surface area contributed by atoms with Gasteiger partial charge in [0.05, 0.1) is 7.11 Å². The topological polar surface area (TPSA) is 76.1 Å². The Morgan fingerprint density at radius 3 is 2.52 bits per heavy atom. The molecule has 138 valence electrons. The molecule has 0 saturated carbocycles. The molecule has 1 N–H and O–H groups in total. The summed E-state index contributed by atoms with van der Waals surface area (Å²) in [5, 5.41) is 9.35. The molecule has 1 aliphatic heterocycles. The molecule has 1 fully saturated rings. The van der Waals surface area contributed by atoms with E-state index in [0.29, 0.717) is 18.8 Å². The number of aromatic carboxylic acids is 1. The zero-order chi connectivity index (χ0) is 18.6. The predicted molar refractivity (Wildman–Crippen MR) is 94.4 cm³/mol. The maximum Gasteiger partial charge on any atom is 0.410 e. The molecule has 0 aliphatic carbocycles. The summed E-state index contributed by atoms with van der Waals surface area (Å²) in [7, 11) is 1.46. The van der Waals surface area contributed by atoms with Gasteiger partial charge in [-0.15, -0.1) is 0 Å². The van der Waals surface area contributed by atoms with Crippen LogP contribution in [0, 0.1) is 0 Å². The highest BCUT2D eigenvalue weighted by Gasteiger charge is 2.26. The zero-order valence-electron chi connectivity index (χ0n) is 15.4. The molecule has 0 aromatic heterocycles. The molecule has 1 atom stereocenters. The van der Waals surface area contributed by atoms with Gasteiger partial charge >= 0.3 is 12.1 Å². The van der Waals surface area contributed by atoms with E-state index >= 15 is 0 Å². The number of amides is 1. The van der Waals surface area contributed by atoms with E-state index in [0.717, 1.165) is 24.8 Å². The number of likely N-dealkylation sites (tertiary alicyclic amines) is 1. The van der Waals surface area contributed by atoms with Crippen LogP contribution in [0.4, 0.5) is 4.79 Å². The molecule has 0 bridgehead atoms. The fourth-order valence-electron chi connectivity index (χ4n) is 3.09. The number of ether oxygens (including phenoxy) is 2. The molecule has 1 unspecified atom stereocenters. The van der Waals surface area contributed by atoms with E-state index in [2.05, 4.69) is 0 Å². The molecule has 2 rings (SSSR count). The van der Waals surface area contributed by atoms with E-state index < -0.39 is 11.6 Å². The Kier molecular flexibility index (Phi) is 5.93. The highest BCUT2D eigenvalue weighted by atomic mass is 16.6. The fraction of sp³-hybridized carbons (Fsp3) is 0.579. The summed E-state index contributed by atoms with van der Waals surface area (Å²) in [5.41, 5.74) is 0.646. The highest BCUT2D eigenvalue weighted by Crippen LogP contribution is 2.31. The minimum absolute atomic E-state index is 0.174. The number of carboxylic acid groups (broad SMARTS) is 1. The number of hydrogen-bond donors (Lipinski definition) is 1. The van der Waals surface area contributed by atoms with Gasteiger partial charge in [0.25, 0.3) is 0 Å². The van der Waals surface area contributed by atoms with Crippen molar-refractivity contribution in [2.45, 2.75) is 51.6 Å². The zero-order valence-corrected chi connectivity index (χ0v) is 15.4. The summed E-state index contributed by atoms with van der Waals surface area (Å²) in [4.78, 5) is 25.4. The van der Waals surface area contributed by atoms with E-state index in [9.17, 15) is 14.7 Å². The Hall–Kier alpha value is -2.24. The van der Waals surface area contributed by atoms with Crippen LogP contribution in [0.2, 0.25) is 0 Å². The van der Waals surface area contributed by atoms with Crippen molar-refractivity contribution < 1.29 is 24.2 Å². The number of carboxylic acids is 1. The van der Waals surface area contributed by atoms with E-state index in [1.165, 1.54) is 7.11 Å². The Balaban J connectivity index is 2.09. The minimum Gasteiger partial charge on any atom is -0.496 e. The molecule has 1 aromatic carbocycles. The molecule has 1 heterocycles. The summed E-state index contributed by atoms with van der Waals surface area (Å²) < 4.78 is 10.6. The molecule has 1 aliphatic rings. The Morgan fingerprint density at radius 1 is 1.20 bits per heavy atom. The molecule has 25 heavy (non-hydrogen) atoms. The highest BCUT2D eigenvalue weighted by molar-refractivity contribution is 5.91. The van der Waals surface area contributed by atoms with Crippen LogP contribution in [0.1, 0.15) is 61.9 Å². The van der Waals surface area contributed by atoms with E-state index in [-0.39, 0.29) is 17.6 Å². The van der Waals surface area contributed by atoms with Crippen molar-refractivity contribution in [1.29, 1.82) is 0 Å². The van der Waals surface area contributed by atoms with Crippen LogP contribution in [0.15, 0.2) is 18.2 Å². The van der Waals surface area contributed by atoms with Gasteiger partial charge in [-0.25, -0.2) is 9.59 Å². The third kappa shape index (κ3) is 5.11. The van der Waals surface area contributed by atoms with Crippen molar-refractivity contribution in [3.05, 3.63) is 29.3 Å². The Bertz CT molecular complexity index is 635. The van der Waals surface area contributed by atoms with Crippen LogP contribution >= 0.6 is 0 Å². The number of methoxy groups -OCH3 is 1. The Morgan fingerprint density at radius 2 is 1.92 bits per heavy atom. The van der Waals surface area contributed by atoms with Gasteiger partial charge in [0, 0.05) is 13.1 Å². The third-order valence-electron chi connectivity index (χ3n) is 4.31. The summed E-state index contributed by atoms with van der Waals surface area (Å²) in [5.74, 6) is -0.417. The molecule has 1 aromatic rings. The average molecular weight is 349 g/mol. The van der Waals surface area contributed by atoms with Crippen molar-refractivity contribution in [3.63, 3.8) is 0 Å². The molecular formula is C19H27NO5. The smallest absolute Gasteiger partial charge is 0.410 e. The number of carbonyl (C=O) groups excluding carboxylic acids is 1. The van der Waals surface area contributed by atoms with Crippen molar-refractivity contribution in [2.24, 2.45) is 0 Å². The maximum atomic E-state index is 12.2. The summed E-state index contributed by atoms with van der Waals surface area (Å²) >= 11 is 0. The third-order valence-corrected chi connectivity index (χ3v) is 4.31.